The molecule has 0 radical (unpaired) electrons. The molecule has 2 aliphatic rings. The first-order valence-electron chi connectivity index (χ1n) is 7.46. The molecule has 0 bridgehead atoms. The molecule has 5 heteroatoms. The van der Waals surface area contributed by atoms with Crippen LogP contribution in [0.4, 0.5) is 0 Å². The monoisotopic (exact) mass is 329 g/mol. The highest BCUT2D eigenvalue weighted by atomic mass is 35.5. The minimum atomic E-state index is -0.0596. The van der Waals surface area contributed by atoms with Gasteiger partial charge in [0.15, 0.2) is 0 Å². The molecule has 2 heterocycles. The Kier molecular flexibility index (Phi) is 4.37. The molecule has 1 aromatic rings. The number of halogens is 2. The van der Waals surface area contributed by atoms with Crippen molar-refractivity contribution in [1.82, 2.24) is 5.32 Å². The maximum Gasteiger partial charge on any atom is 0.142 e. The summed E-state index contributed by atoms with van der Waals surface area (Å²) in [4.78, 5) is 0. The second-order valence-corrected chi connectivity index (χ2v) is 7.30. The van der Waals surface area contributed by atoms with Crippen molar-refractivity contribution in [3.8, 4) is 5.75 Å². The molecule has 1 N–H and O–H groups in total. The van der Waals surface area contributed by atoms with Gasteiger partial charge in [0.25, 0.3) is 0 Å². The van der Waals surface area contributed by atoms with Crippen LogP contribution in [0.3, 0.4) is 0 Å². The van der Waals surface area contributed by atoms with Crippen LogP contribution in [-0.4, -0.2) is 24.9 Å². The van der Waals surface area contributed by atoms with E-state index in [1.807, 2.05) is 6.07 Å². The summed E-state index contributed by atoms with van der Waals surface area (Å²) in [5.74, 6) is 0.774. The number of ether oxygens (including phenoxy) is 2. The Bertz CT molecular complexity index is 533. The summed E-state index contributed by atoms with van der Waals surface area (Å²) < 4.78 is 11.5. The van der Waals surface area contributed by atoms with Gasteiger partial charge in [-0.2, -0.15) is 0 Å². The standard InChI is InChI=1S/C16H21Cl2NO2/c1-16(2)9-11(3-6-21-16)19-14-4-5-20-15-12(14)7-10(17)8-13(15)18/h7-8,11,14,19H,3-6,9H2,1-2H3. The molecule has 0 spiro atoms. The second-order valence-electron chi connectivity index (χ2n) is 6.46. The lowest BCUT2D eigenvalue weighted by Crippen LogP contribution is -2.45. The fourth-order valence-electron chi connectivity index (χ4n) is 3.26. The van der Waals surface area contributed by atoms with E-state index < -0.39 is 0 Å². The molecule has 2 atom stereocenters. The van der Waals surface area contributed by atoms with Gasteiger partial charge in [-0.3, -0.25) is 0 Å². The Hall–Kier alpha value is -0.480. The molecule has 2 aliphatic heterocycles. The lowest BCUT2D eigenvalue weighted by Gasteiger charge is -2.39. The van der Waals surface area contributed by atoms with Gasteiger partial charge in [-0.1, -0.05) is 23.2 Å². The fourth-order valence-corrected chi connectivity index (χ4v) is 3.82. The van der Waals surface area contributed by atoms with Crippen LogP contribution in [-0.2, 0) is 4.74 Å². The molecule has 116 valence electrons. The summed E-state index contributed by atoms with van der Waals surface area (Å²) >= 11 is 12.4. The maximum absolute atomic E-state index is 6.24. The van der Waals surface area contributed by atoms with Gasteiger partial charge < -0.3 is 14.8 Å². The first-order chi connectivity index (χ1) is 9.94. The minimum absolute atomic E-state index is 0.0596. The van der Waals surface area contributed by atoms with Crippen molar-refractivity contribution in [2.75, 3.05) is 13.2 Å². The van der Waals surface area contributed by atoms with Crippen molar-refractivity contribution in [3.05, 3.63) is 27.7 Å². The third-order valence-electron chi connectivity index (χ3n) is 4.20. The van der Waals surface area contributed by atoms with Crippen LogP contribution in [0.1, 0.15) is 44.7 Å². The molecule has 0 saturated carbocycles. The maximum atomic E-state index is 6.24. The molecule has 21 heavy (non-hydrogen) atoms. The van der Waals surface area contributed by atoms with Crippen molar-refractivity contribution in [2.45, 2.75) is 50.8 Å². The molecule has 1 saturated heterocycles. The van der Waals surface area contributed by atoms with E-state index in [0.29, 0.717) is 22.7 Å². The summed E-state index contributed by atoms with van der Waals surface area (Å²) in [6, 6.07) is 4.39. The predicted octanol–water partition coefficient (Wildman–Crippen LogP) is 4.36. The average molecular weight is 330 g/mol. The predicted molar refractivity (Wildman–Crippen MR) is 85.5 cm³/mol. The Morgan fingerprint density at radius 1 is 1.19 bits per heavy atom. The lowest BCUT2D eigenvalue weighted by molar-refractivity contribution is -0.0646. The van der Waals surface area contributed by atoms with Crippen LogP contribution >= 0.6 is 23.2 Å². The first kappa shape index (κ1) is 15.4. The molecular weight excluding hydrogens is 309 g/mol. The summed E-state index contributed by atoms with van der Waals surface area (Å²) in [5, 5.41) is 5.00. The summed E-state index contributed by atoms with van der Waals surface area (Å²) in [7, 11) is 0. The Labute approximate surface area is 135 Å². The van der Waals surface area contributed by atoms with Crippen LogP contribution in [0.25, 0.3) is 0 Å². The van der Waals surface area contributed by atoms with E-state index in [0.717, 1.165) is 37.2 Å². The summed E-state index contributed by atoms with van der Waals surface area (Å²) in [6.45, 7) is 5.77. The van der Waals surface area contributed by atoms with Crippen molar-refractivity contribution >= 4 is 23.2 Å². The topological polar surface area (TPSA) is 30.5 Å². The third kappa shape index (κ3) is 3.48. The van der Waals surface area contributed by atoms with Gasteiger partial charge >= 0.3 is 0 Å². The lowest BCUT2D eigenvalue weighted by atomic mass is 9.91. The largest absolute Gasteiger partial charge is 0.492 e. The minimum Gasteiger partial charge on any atom is -0.492 e. The van der Waals surface area contributed by atoms with E-state index in [2.05, 4.69) is 19.2 Å². The zero-order valence-electron chi connectivity index (χ0n) is 12.4. The highest BCUT2D eigenvalue weighted by Crippen LogP contribution is 2.40. The van der Waals surface area contributed by atoms with Crippen molar-refractivity contribution in [2.24, 2.45) is 0 Å². The normalized spacial score (nSPS) is 27.8. The Morgan fingerprint density at radius 3 is 2.76 bits per heavy atom. The van der Waals surface area contributed by atoms with Gasteiger partial charge in [-0.05, 0) is 38.8 Å². The third-order valence-corrected chi connectivity index (χ3v) is 4.70. The average Bonchev–Trinajstić information content (AvgIpc) is 2.38. The molecule has 0 amide bonds. The van der Waals surface area contributed by atoms with Crippen LogP contribution < -0.4 is 10.1 Å². The quantitative estimate of drug-likeness (QED) is 0.874. The van der Waals surface area contributed by atoms with Gasteiger partial charge in [-0.15, -0.1) is 0 Å². The summed E-state index contributed by atoms with van der Waals surface area (Å²) in [5.41, 5.74) is 1.01. The Morgan fingerprint density at radius 2 is 2.00 bits per heavy atom. The van der Waals surface area contributed by atoms with Crippen LogP contribution in [0.2, 0.25) is 10.0 Å². The molecule has 3 nitrogen and oxygen atoms in total. The number of nitrogens with one attached hydrogen (secondary N) is 1. The summed E-state index contributed by atoms with van der Waals surface area (Å²) in [6.07, 6.45) is 2.97. The van der Waals surface area contributed by atoms with Gasteiger partial charge in [0.2, 0.25) is 0 Å². The highest BCUT2D eigenvalue weighted by molar-refractivity contribution is 6.35. The van der Waals surface area contributed by atoms with Crippen molar-refractivity contribution < 1.29 is 9.47 Å². The van der Waals surface area contributed by atoms with Gasteiger partial charge in [0.05, 0.1) is 17.2 Å². The van der Waals surface area contributed by atoms with E-state index in [1.165, 1.54) is 0 Å². The van der Waals surface area contributed by atoms with E-state index in [1.54, 1.807) is 6.07 Å². The van der Waals surface area contributed by atoms with E-state index in [-0.39, 0.29) is 11.6 Å². The zero-order valence-corrected chi connectivity index (χ0v) is 13.9. The van der Waals surface area contributed by atoms with Gasteiger partial charge in [0.1, 0.15) is 5.75 Å². The van der Waals surface area contributed by atoms with Crippen LogP contribution in [0.15, 0.2) is 12.1 Å². The molecule has 0 aliphatic carbocycles. The smallest absolute Gasteiger partial charge is 0.142 e. The number of rotatable bonds is 2. The highest BCUT2D eigenvalue weighted by Gasteiger charge is 2.32. The zero-order chi connectivity index (χ0) is 15.0. The van der Waals surface area contributed by atoms with E-state index in [4.69, 9.17) is 32.7 Å². The van der Waals surface area contributed by atoms with Crippen molar-refractivity contribution in [1.29, 1.82) is 0 Å². The number of hydrogen-bond acceptors (Lipinski definition) is 3. The van der Waals surface area contributed by atoms with Gasteiger partial charge in [0, 0.05) is 35.7 Å². The SMILES string of the molecule is CC1(C)CC(NC2CCOc3c(Cl)cc(Cl)cc32)CCO1. The fraction of sp³-hybridized carbons (Fsp3) is 0.625. The Balaban J connectivity index is 1.79. The molecular formula is C16H21Cl2NO2. The molecule has 2 unspecified atom stereocenters. The van der Waals surface area contributed by atoms with E-state index >= 15 is 0 Å². The molecule has 1 fully saturated rings. The van der Waals surface area contributed by atoms with Crippen molar-refractivity contribution in [3.63, 3.8) is 0 Å². The molecule has 1 aromatic carbocycles. The second kappa shape index (κ2) is 5.96. The van der Waals surface area contributed by atoms with E-state index in [9.17, 15) is 0 Å². The first-order valence-corrected chi connectivity index (χ1v) is 8.22. The van der Waals surface area contributed by atoms with Gasteiger partial charge in [-0.25, -0.2) is 0 Å². The number of hydrogen-bond donors (Lipinski definition) is 1. The molecule has 0 aromatic heterocycles. The van der Waals surface area contributed by atoms with Crippen LogP contribution in [0, 0.1) is 0 Å². The van der Waals surface area contributed by atoms with Crippen LogP contribution in [0.5, 0.6) is 5.75 Å². The molecule has 3 rings (SSSR count). The number of benzene rings is 1. The number of fused-ring (bicyclic) bond motifs is 1.